The standard InChI is InChI=1S/C12H18N2/c1-9-3-4-10-7-14-6-5-11(10)12(9)8-13-2/h5-7,9,12-13H,3-4,8H2,1-2H3. The topological polar surface area (TPSA) is 24.9 Å². The molecule has 76 valence electrons. The molecule has 1 aromatic rings. The molecule has 1 heterocycles. The number of aryl methyl sites for hydroxylation is 1. The number of rotatable bonds is 2. The van der Waals surface area contributed by atoms with Gasteiger partial charge in [0.05, 0.1) is 0 Å². The maximum atomic E-state index is 4.20. The summed E-state index contributed by atoms with van der Waals surface area (Å²) in [4.78, 5) is 4.20. The Morgan fingerprint density at radius 2 is 2.43 bits per heavy atom. The molecule has 0 radical (unpaired) electrons. The Kier molecular flexibility index (Phi) is 2.82. The number of likely N-dealkylation sites (N-methyl/N-ethyl adjacent to an activating group) is 1. The molecule has 2 heteroatoms. The van der Waals surface area contributed by atoms with E-state index in [-0.39, 0.29) is 0 Å². The zero-order valence-electron chi connectivity index (χ0n) is 8.96. The van der Waals surface area contributed by atoms with Crippen molar-refractivity contribution in [3.8, 4) is 0 Å². The van der Waals surface area contributed by atoms with Gasteiger partial charge in [-0.2, -0.15) is 0 Å². The van der Waals surface area contributed by atoms with Crippen molar-refractivity contribution in [1.82, 2.24) is 10.3 Å². The molecule has 0 amide bonds. The van der Waals surface area contributed by atoms with Gasteiger partial charge in [0.1, 0.15) is 0 Å². The van der Waals surface area contributed by atoms with Gasteiger partial charge >= 0.3 is 0 Å². The van der Waals surface area contributed by atoms with Crippen molar-refractivity contribution in [2.45, 2.75) is 25.7 Å². The average molecular weight is 190 g/mol. The summed E-state index contributed by atoms with van der Waals surface area (Å²) in [5, 5.41) is 3.29. The lowest BCUT2D eigenvalue weighted by Crippen LogP contribution is -2.27. The zero-order valence-corrected chi connectivity index (χ0v) is 8.96. The van der Waals surface area contributed by atoms with Crippen LogP contribution in [0.25, 0.3) is 0 Å². The van der Waals surface area contributed by atoms with Crippen molar-refractivity contribution in [2.75, 3.05) is 13.6 Å². The number of nitrogens with zero attached hydrogens (tertiary/aromatic N) is 1. The average Bonchev–Trinajstić information content (AvgIpc) is 2.23. The zero-order chi connectivity index (χ0) is 9.97. The summed E-state index contributed by atoms with van der Waals surface area (Å²) in [6.45, 7) is 3.43. The van der Waals surface area contributed by atoms with Crippen LogP contribution in [-0.4, -0.2) is 18.6 Å². The second-order valence-electron chi connectivity index (χ2n) is 4.25. The second kappa shape index (κ2) is 4.09. The van der Waals surface area contributed by atoms with Gasteiger partial charge in [0, 0.05) is 18.9 Å². The van der Waals surface area contributed by atoms with Gasteiger partial charge in [0.15, 0.2) is 0 Å². The van der Waals surface area contributed by atoms with Crippen LogP contribution in [0.15, 0.2) is 18.5 Å². The number of hydrogen-bond donors (Lipinski definition) is 1. The lowest BCUT2D eigenvalue weighted by molar-refractivity contribution is 0.392. The molecule has 0 saturated heterocycles. The molecule has 0 saturated carbocycles. The predicted octanol–water partition coefficient (Wildman–Crippen LogP) is 1.97. The summed E-state index contributed by atoms with van der Waals surface area (Å²) in [5.74, 6) is 1.46. The first-order valence-electron chi connectivity index (χ1n) is 5.40. The van der Waals surface area contributed by atoms with Gasteiger partial charge in [0.25, 0.3) is 0 Å². The Morgan fingerprint density at radius 1 is 1.57 bits per heavy atom. The lowest BCUT2D eigenvalue weighted by Gasteiger charge is -2.30. The fourth-order valence-corrected chi connectivity index (χ4v) is 2.43. The van der Waals surface area contributed by atoms with Crippen LogP contribution in [0.4, 0.5) is 0 Å². The molecule has 2 unspecified atom stereocenters. The molecule has 0 fully saturated rings. The number of aromatic nitrogens is 1. The van der Waals surface area contributed by atoms with Crippen LogP contribution < -0.4 is 5.32 Å². The monoisotopic (exact) mass is 190 g/mol. The molecule has 14 heavy (non-hydrogen) atoms. The third-order valence-electron chi connectivity index (χ3n) is 3.32. The fourth-order valence-electron chi connectivity index (χ4n) is 2.43. The van der Waals surface area contributed by atoms with E-state index >= 15 is 0 Å². The van der Waals surface area contributed by atoms with Crippen LogP contribution in [0.1, 0.15) is 30.4 Å². The van der Waals surface area contributed by atoms with Gasteiger partial charge in [-0.25, -0.2) is 0 Å². The van der Waals surface area contributed by atoms with E-state index in [1.54, 1.807) is 0 Å². The molecule has 2 nitrogen and oxygen atoms in total. The molecular weight excluding hydrogens is 172 g/mol. The Labute approximate surface area is 85.7 Å². The molecule has 0 bridgehead atoms. The second-order valence-corrected chi connectivity index (χ2v) is 4.25. The van der Waals surface area contributed by atoms with E-state index in [1.807, 2.05) is 19.4 Å². The highest BCUT2D eigenvalue weighted by atomic mass is 14.8. The minimum Gasteiger partial charge on any atom is -0.319 e. The van der Waals surface area contributed by atoms with E-state index in [9.17, 15) is 0 Å². The maximum absolute atomic E-state index is 4.20. The molecule has 1 aliphatic rings. The number of hydrogen-bond acceptors (Lipinski definition) is 2. The van der Waals surface area contributed by atoms with Crippen molar-refractivity contribution in [3.05, 3.63) is 29.6 Å². The molecule has 1 aromatic heterocycles. The summed E-state index contributed by atoms with van der Waals surface area (Å²) in [5.41, 5.74) is 2.96. The van der Waals surface area contributed by atoms with Gasteiger partial charge in [0.2, 0.25) is 0 Å². The summed E-state index contributed by atoms with van der Waals surface area (Å²) in [6.07, 6.45) is 6.44. The van der Waals surface area contributed by atoms with Crippen LogP contribution >= 0.6 is 0 Å². The van der Waals surface area contributed by atoms with Crippen LogP contribution in [0.3, 0.4) is 0 Å². The van der Waals surface area contributed by atoms with Crippen LogP contribution in [0, 0.1) is 5.92 Å². The summed E-state index contributed by atoms with van der Waals surface area (Å²) in [7, 11) is 2.03. The van der Waals surface area contributed by atoms with Crippen molar-refractivity contribution >= 4 is 0 Å². The quantitative estimate of drug-likeness (QED) is 0.771. The maximum Gasteiger partial charge on any atom is 0.0302 e. The third-order valence-corrected chi connectivity index (χ3v) is 3.32. The first-order valence-corrected chi connectivity index (χ1v) is 5.40. The Hall–Kier alpha value is -0.890. The molecule has 0 spiro atoms. The van der Waals surface area contributed by atoms with E-state index in [2.05, 4.69) is 23.3 Å². The minimum absolute atomic E-state index is 0.673. The normalized spacial score (nSPS) is 25.9. The minimum atomic E-state index is 0.673. The third kappa shape index (κ3) is 1.67. The van der Waals surface area contributed by atoms with Gasteiger partial charge < -0.3 is 5.32 Å². The van der Waals surface area contributed by atoms with E-state index in [0.717, 1.165) is 12.5 Å². The van der Waals surface area contributed by atoms with Crippen LogP contribution in [-0.2, 0) is 6.42 Å². The van der Waals surface area contributed by atoms with Crippen molar-refractivity contribution in [1.29, 1.82) is 0 Å². The molecule has 1 N–H and O–H groups in total. The Morgan fingerprint density at radius 3 is 3.21 bits per heavy atom. The predicted molar refractivity (Wildman–Crippen MR) is 58.4 cm³/mol. The van der Waals surface area contributed by atoms with Crippen molar-refractivity contribution in [3.63, 3.8) is 0 Å². The first-order chi connectivity index (χ1) is 6.83. The summed E-state index contributed by atoms with van der Waals surface area (Å²) < 4.78 is 0. The van der Waals surface area contributed by atoms with E-state index in [1.165, 1.54) is 24.0 Å². The Bertz CT molecular complexity index is 309. The van der Waals surface area contributed by atoms with E-state index < -0.39 is 0 Å². The largest absolute Gasteiger partial charge is 0.319 e. The van der Waals surface area contributed by atoms with Crippen LogP contribution in [0.2, 0.25) is 0 Å². The number of nitrogens with one attached hydrogen (secondary N) is 1. The van der Waals surface area contributed by atoms with Crippen molar-refractivity contribution in [2.24, 2.45) is 5.92 Å². The number of pyridine rings is 1. The van der Waals surface area contributed by atoms with Gasteiger partial charge in [-0.05, 0) is 48.9 Å². The highest BCUT2D eigenvalue weighted by molar-refractivity contribution is 5.30. The first kappa shape index (κ1) is 9.66. The fraction of sp³-hybridized carbons (Fsp3) is 0.583. The highest BCUT2D eigenvalue weighted by Crippen LogP contribution is 2.34. The lowest BCUT2D eigenvalue weighted by atomic mass is 9.77. The SMILES string of the molecule is CNCC1c2ccncc2CCC1C. The van der Waals surface area contributed by atoms with E-state index in [4.69, 9.17) is 0 Å². The molecular formula is C12H18N2. The highest BCUT2D eigenvalue weighted by Gasteiger charge is 2.25. The molecule has 2 atom stereocenters. The number of fused-ring (bicyclic) bond motifs is 1. The summed E-state index contributed by atoms with van der Waals surface area (Å²) >= 11 is 0. The Balaban J connectivity index is 2.31. The molecule has 2 rings (SSSR count). The van der Waals surface area contributed by atoms with Crippen molar-refractivity contribution < 1.29 is 0 Å². The van der Waals surface area contributed by atoms with Gasteiger partial charge in [-0.1, -0.05) is 6.92 Å². The summed E-state index contributed by atoms with van der Waals surface area (Å²) in [6, 6.07) is 2.19. The van der Waals surface area contributed by atoms with Gasteiger partial charge in [-0.3, -0.25) is 4.98 Å². The molecule has 0 aromatic carbocycles. The molecule has 0 aliphatic heterocycles. The smallest absolute Gasteiger partial charge is 0.0302 e. The van der Waals surface area contributed by atoms with Gasteiger partial charge in [-0.15, -0.1) is 0 Å². The van der Waals surface area contributed by atoms with Crippen LogP contribution in [0.5, 0.6) is 0 Å². The van der Waals surface area contributed by atoms with E-state index in [0.29, 0.717) is 5.92 Å². The molecule has 1 aliphatic carbocycles.